The van der Waals surface area contributed by atoms with E-state index in [2.05, 4.69) is 15.5 Å². The summed E-state index contributed by atoms with van der Waals surface area (Å²) in [7, 11) is -3.24. The number of anilines is 1. The average molecular weight is 323 g/mol. The van der Waals surface area contributed by atoms with Crippen LogP contribution in [-0.2, 0) is 14.6 Å². The zero-order chi connectivity index (χ0) is 16.3. The van der Waals surface area contributed by atoms with Crippen LogP contribution in [-0.4, -0.2) is 30.3 Å². The summed E-state index contributed by atoms with van der Waals surface area (Å²) in [5.74, 6) is -0.175. The fourth-order valence-electron chi connectivity index (χ4n) is 1.61. The number of hydrogen-bond donors (Lipinski definition) is 1. The summed E-state index contributed by atoms with van der Waals surface area (Å²) in [4.78, 5) is 11.8. The number of carbonyl (C=O) groups is 1. The first-order chi connectivity index (χ1) is 10.3. The second-order valence-corrected chi connectivity index (χ2v) is 7.26. The molecule has 0 aliphatic rings. The minimum Gasteiger partial charge on any atom is -0.403 e. The van der Waals surface area contributed by atoms with Crippen LogP contribution in [0, 0.1) is 5.92 Å². The Morgan fingerprint density at radius 1 is 1.23 bits per heavy atom. The van der Waals surface area contributed by atoms with Gasteiger partial charge in [-0.05, 0) is 24.3 Å². The predicted octanol–water partition coefficient (Wildman–Crippen LogP) is 2.12. The standard InChI is InChI=1S/C14H17N3O4S/c1-4-22(19,20)11-7-5-10(6-8-11)13-16-17-14(21-13)15-12(18)9(2)3/h5-9H,4H2,1-3H3,(H,15,17,18). The highest BCUT2D eigenvalue weighted by Crippen LogP contribution is 2.22. The van der Waals surface area contributed by atoms with E-state index in [4.69, 9.17) is 4.42 Å². The van der Waals surface area contributed by atoms with Crippen LogP contribution in [0.1, 0.15) is 20.8 Å². The van der Waals surface area contributed by atoms with Gasteiger partial charge in [-0.2, -0.15) is 0 Å². The number of hydrogen-bond acceptors (Lipinski definition) is 6. The van der Waals surface area contributed by atoms with Crippen LogP contribution in [0.15, 0.2) is 33.6 Å². The zero-order valence-electron chi connectivity index (χ0n) is 12.5. The van der Waals surface area contributed by atoms with E-state index in [-0.39, 0.29) is 34.4 Å². The Labute approximate surface area is 128 Å². The van der Waals surface area contributed by atoms with Crippen LogP contribution in [0.2, 0.25) is 0 Å². The number of benzene rings is 1. The third-order valence-electron chi connectivity index (χ3n) is 3.02. The number of aromatic nitrogens is 2. The van der Waals surface area contributed by atoms with Crippen LogP contribution in [0.5, 0.6) is 0 Å². The van der Waals surface area contributed by atoms with E-state index < -0.39 is 9.84 Å². The molecule has 0 radical (unpaired) electrons. The van der Waals surface area contributed by atoms with Gasteiger partial charge in [0, 0.05) is 11.5 Å². The van der Waals surface area contributed by atoms with E-state index in [0.29, 0.717) is 5.56 Å². The van der Waals surface area contributed by atoms with Gasteiger partial charge < -0.3 is 4.42 Å². The maximum atomic E-state index is 11.7. The first-order valence-corrected chi connectivity index (χ1v) is 8.46. The molecule has 2 rings (SSSR count). The van der Waals surface area contributed by atoms with Crippen molar-refractivity contribution < 1.29 is 17.6 Å². The van der Waals surface area contributed by atoms with Crippen molar-refractivity contribution in [3.8, 4) is 11.5 Å². The van der Waals surface area contributed by atoms with Crippen molar-refractivity contribution in [2.45, 2.75) is 25.7 Å². The number of carbonyl (C=O) groups excluding carboxylic acids is 1. The van der Waals surface area contributed by atoms with Gasteiger partial charge in [-0.3, -0.25) is 10.1 Å². The van der Waals surface area contributed by atoms with E-state index in [1.165, 1.54) is 12.1 Å². The van der Waals surface area contributed by atoms with Crippen molar-refractivity contribution in [3.05, 3.63) is 24.3 Å². The van der Waals surface area contributed by atoms with Crippen molar-refractivity contribution in [2.24, 2.45) is 5.92 Å². The fourth-order valence-corrected chi connectivity index (χ4v) is 2.50. The lowest BCUT2D eigenvalue weighted by atomic mass is 10.2. The second-order valence-electron chi connectivity index (χ2n) is 4.98. The first kappa shape index (κ1) is 16.2. The number of amides is 1. The van der Waals surface area contributed by atoms with Crippen LogP contribution >= 0.6 is 0 Å². The monoisotopic (exact) mass is 323 g/mol. The number of nitrogens with one attached hydrogen (secondary N) is 1. The SMILES string of the molecule is CCS(=O)(=O)c1ccc(-c2nnc(NC(=O)C(C)C)o2)cc1. The smallest absolute Gasteiger partial charge is 0.322 e. The van der Waals surface area contributed by atoms with Crippen molar-refractivity contribution in [2.75, 3.05) is 11.1 Å². The Bertz CT molecular complexity index is 764. The quantitative estimate of drug-likeness (QED) is 0.904. The van der Waals surface area contributed by atoms with Crippen LogP contribution in [0.25, 0.3) is 11.5 Å². The Kier molecular flexibility index (Phi) is 4.60. The van der Waals surface area contributed by atoms with Crippen LogP contribution in [0.3, 0.4) is 0 Å². The van der Waals surface area contributed by atoms with Gasteiger partial charge in [-0.15, -0.1) is 5.10 Å². The average Bonchev–Trinajstić information content (AvgIpc) is 2.95. The van der Waals surface area contributed by atoms with Crippen molar-refractivity contribution in [1.29, 1.82) is 0 Å². The molecule has 0 atom stereocenters. The molecule has 1 N–H and O–H groups in total. The highest BCUT2D eigenvalue weighted by molar-refractivity contribution is 7.91. The van der Waals surface area contributed by atoms with Gasteiger partial charge in [0.2, 0.25) is 11.8 Å². The van der Waals surface area contributed by atoms with Gasteiger partial charge >= 0.3 is 6.01 Å². The molecule has 1 heterocycles. The van der Waals surface area contributed by atoms with Gasteiger partial charge in [-0.1, -0.05) is 25.9 Å². The van der Waals surface area contributed by atoms with Gasteiger partial charge in [0.05, 0.1) is 10.6 Å². The summed E-state index contributed by atoms with van der Waals surface area (Å²) in [5, 5.41) is 10.1. The Hall–Kier alpha value is -2.22. The molecular weight excluding hydrogens is 306 g/mol. The van der Waals surface area contributed by atoms with E-state index >= 15 is 0 Å². The van der Waals surface area contributed by atoms with E-state index in [9.17, 15) is 13.2 Å². The maximum Gasteiger partial charge on any atom is 0.322 e. The van der Waals surface area contributed by atoms with E-state index in [1.807, 2.05) is 0 Å². The minimum absolute atomic E-state index is 0.0129. The normalized spacial score (nSPS) is 11.6. The summed E-state index contributed by atoms with van der Waals surface area (Å²) in [6, 6.07) is 6.17. The lowest BCUT2D eigenvalue weighted by Crippen LogP contribution is -2.17. The number of rotatable bonds is 5. The Morgan fingerprint density at radius 3 is 2.41 bits per heavy atom. The Balaban J connectivity index is 2.20. The molecule has 1 amide bonds. The van der Waals surface area contributed by atoms with Gasteiger partial charge in [-0.25, -0.2) is 8.42 Å². The molecule has 2 aromatic rings. The third kappa shape index (κ3) is 3.51. The summed E-state index contributed by atoms with van der Waals surface area (Å²) >= 11 is 0. The summed E-state index contributed by atoms with van der Waals surface area (Å²) in [6.07, 6.45) is 0. The molecule has 0 aliphatic carbocycles. The van der Waals surface area contributed by atoms with Gasteiger partial charge in [0.1, 0.15) is 0 Å². The molecule has 0 aliphatic heterocycles. The molecule has 22 heavy (non-hydrogen) atoms. The topological polar surface area (TPSA) is 102 Å². The molecule has 1 aromatic carbocycles. The molecule has 0 bridgehead atoms. The largest absolute Gasteiger partial charge is 0.403 e. The van der Waals surface area contributed by atoms with Gasteiger partial charge in [0.15, 0.2) is 9.84 Å². The lowest BCUT2D eigenvalue weighted by Gasteiger charge is -2.02. The molecule has 7 nitrogen and oxygen atoms in total. The van der Waals surface area contributed by atoms with Gasteiger partial charge in [0.25, 0.3) is 0 Å². The molecule has 0 saturated heterocycles. The summed E-state index contributed by atoms with van der Waals surface area (Å²) in [5.41, 5.74) is 0.576. The molecular formula is C14H17N3O4S. The summed E-state index contributed by atoms with van der Waals surface area (Å²) in [6.45, 7) is 5.09. The predicted molar refractivity (Wildman–Crippen MR) is 80.9 cm³/mol. The second kappa shape index (κ2) is 6.27. The first-order valence-electron chi connectivity index (χ1n) is 6.81. The highest BCUT2D eigenvalue weighted by atomic mass is 32.2. The van der Waals surface area contributed by atoms with Crippen LogP contribution in [0.4, 0.5) is 6.01 Å². The maximum absolute atomic E-state index is 11.7. The molecule has 0 saturated carbocycles. The highest BCUT2D eigenvalue weighted by Gasteiger charge is 2.15. The Morgan fingerprint density at radius 2 is 1.86 bits per heavy atom. The molecule has 8 heteroatoms. The zero-order valence-corrected chi connectivity index (χ0v) is 13.3. The lowest BCUT2D eigenvalue weighted by molar-refractivity contribution is -0.119. The van der Waals surface area contributed by atoms with E-state index in [1.54, 1.807) is 32.9 Å². The third-order valence-corrected chi connectivity index (χ3v) is 4.77. The van der Waals surface area contributed by atoms with E-state index in [0.717, 1.165) is 0 Å². The molecule has 0 unspecified atom stereocenters. The fraction of sp³-hybridized carbons (Fsp3) is 0.357. The molecule has 118 valence electrons. The minimum atomic E-state index is -3.24. The summed E-state index contributed by atoms with van der Waals surface area (Å²) < 4.78 is 28.8. The van der Waals surface area contributed by atoms with Crippen LogP contribution < -0.4 is 5.32 Å². The molecule has 0 spiro atoms. The van der Waals surface area contributed by atoms with Crippen molar-refractivity contribution >= 4 is 21.8 Å². The van der Waals surface area contributed by atoms with Crippen molar-refractivity contribution in [1.82, 2.24) is 10.2 Å². The number of sulfone groups is 1. The number of nitrogens with zero attached hydrogens (tertiary/aromatic N) is 2. The molecule has 0 fully saturated rings. The molecule has 1 aromatic heterocycles. The van der Waals surface area contributed by atoms with Crippen molar-refractivity contribution in [3.63, 3.8) is 0 Å².